The van der Waals surface area contributed by atoms with Crippen LogP contribution < -0.4 is 10.5 Å². The number of nitrogens with two attached hydrogens (primary N) is 1. The lowest BCUT2D eigenvalue weighted by Crippen LogP contribution is -2.19. The van der Waals surface area contributed by atoms with Crippen molar-refractivity contribution in [3.05, 3.63) is 27.8 Å². The predicted octanol–water partition coefficient (Wildman–Crippen LogP) is 0.860. The molecule has 0 spiro atoms. The van der Waals surface area contributed by atoms with Gasteiger partial charge in [0.1, 0.15) is 0 Å². The molecular formula is C11H13N3O5S2. The number of hydrogen-bond donors (Lipinski definition) is 2. The zero-order chi connectivity index (χ0) is 15.6. The third-order valence-electron chi connectivity index (χ3n) is 2.90. The molecule has 3 N–H and O–H groups in total. The highest BCUT2D eigenvalue weighted by Crippen LogP contribution is 2.36. The smallest absolute Gasteiger partial charge is 0.284 e. The van der Waals surface area contributed by atoms with Gasteiger partial charge in [-0.3, -0.25) is 14.9 Å². The number of nitro benzene ring substituents is 1. The monoisotopic (exact) mass is 331 g/mol. The quantitative estimate of drug-likeness (QED) is 0.467. The van der Waals surface area contributed by atoms with Crippen molar-refractivity contribution in [1.82, 2.24) is 0 Å². The number of sulfonamides is 1. The number of carbonyl (C=O) groups is 1. The summed E-state index contributed by atoms with van der Waals surface area (Å²) in [6.45, 7) is 0. The lowest BCUT2D eigenvalue weighted by molar-refractivity contribution is -0.387. The molecule has 21 heavy (non-hydrogen) atoms. The molecule has 0 bridgehead atoms. The molecule has 0 fully saturated rings. The lowest BCUT2D eigenvalue weighted by atomic mass is 10.0. The fourth-order valence-corrected chi connectivity index (χ4v) is 3.91. The predicted molar refractivity (Wildman–Crippen MR) is 78.7 cm³/mol. The first-order valence-corrected chi connectivity index (χ1v) is 8.71. The number of hydrogen-bond acceptors (Lipinski definition) is 6. The topological polar surface area (TPSA) is 132 Å². The van der Waals surface area contributed by atoms with Gasteiger partial charge in [-0.2, -0.15) is 0 Å². The number of rotatable bonds is 5. The average Bonchev–Trinajstić information content (AvgIpc) is 2.36. The van der Waals surface area contributed by atoms with Gasteiger partial charge in [0.2, 0.25) is 15.9 Å². The molecule has 8 nitrogen and oxygen atoms in total. The van der Waals surface area contributed by atoms with E-state index in [4.69, 9.17) is 5.14 Å². The van der Waals surface area contributed by atoms with Crippen LogP contribution in [0.2, 0.25) is 0 Å². The number of nitrogens with one attached hydrogen (secondary N) is 1. The Morgan fingerprint density at radius 2 is 2.10 bits per heavy atom. The molecular weight excluding hydrogens is 318 g/mol. The van der Waals surface area contributed by atoms with Crippen molar-refractivity contribution in [3.63, 3.8) is 0 Å². The molecule has 0 unspecified atom stereocenters. The van der Waals surface area contributed by atoms with Crippen LogP contribution in [0.1, 0.15) is 12.0 Å². The summed E-state index contributed by atoms with van der Waals surface area (Å²) in [6, 6.07) is 2.94. The van der Waals surface area contributed by atoms with E-state index in [1.54, 1.807) is 6.07 Å². The zero-order valence-corrected chi connectivity index (χ0v) is 12.5. The van der Waals surface area contributed by atoms with E-state index < -0.39 is 14.9 Å². The highest BCUT2D eigenvalue weighted by molar-refractivity contribution is 8.00. The minimum atomic E-state index is -3.60. The first kappa shape index (κ1) is 15.7. The second-order valence-electron chi connectivity index (χ2n) is 4.50. The second kappa shape index (κ2) is 6.00. The van der Waals surface area contributed by atoms with Crippen LogP contribution in [0.3, 0.4) is 0 Å². The molecule has 2 rings (SSSR count). The van der Waals surface area contributed by atoms with E-state index >= 15 is 0 Å². The molecule has 1 aliphatic rings. The van der Waals surface area contributed by atoms with Gasteiger partial charge in [0.15, 0.2) is 0 Å². The van der Waals surface area contributed by atoms with Crippen molar-refractivity contribution < 1.29 is 18.1 Å². The Kier molecular flexibility index (Phi) is 4.49. The van der Waals surface area contributed by atoms with Gasteiger partial charge < -0.3 is 5.32 Å². The third-order valence-corrected chi connectivity index (χ3v) is 4.98. The van der Waals surface area contributed by atoms with Gasteiger partial charge in [-0.25, -0.2) is 13.6 Å². The van der Waals surface area contributed by atoms with Crippen molar-refractivity contribution in [2.75, 3.05) is 16.8 Å². The number of carbonyl (C=O) groups excluding carboxylic acids is 1. The molecule has 1 amide bonds. The van der Waals surface area contributed by atoms with Crippen LogP contribution in [0.5, 0.6) is 0 Å². The largest absolute Gasteiger partial charge is 0.326 e. The van der Waals surface area contributed by atoms with Crippen molar-refractivity contribution in [2.45, 2.75) is 17.7 Å². The number of fused-ring (bicyclic) bond motifs is 1. The van der Waals surface area contributed by atoms with Gasteiger partial charge in [-0.05, 0) is 18.1 Å². The van der Waals surface area contributed by atoms with Gasteiger partial charge in [0, 0.05) is 18.2 Å². The molecule has 1 heterocycles. The summed E-state index contributed by atoms with van der Waals surface area (Å²) >= 11 is 1.06. The Bertz CT molecular complexity index is 702. The number of nitro groups is 1. The molecule has 0 radical (unpaired) electrons. The molecule has 0 saturated heterocycles. The van der Waals surface area contributed by atoms with E-state index in [9.17, 15) is 23.3 Å². The average molecular weight is 331 g/mol. The highest BCUT2D eigenvalue weighted by Gasteiger charge is 2.22. The Morgan fingerprint density at radius 1 is 1.38 bits per heavy atom. The summed E-state index contributed by atoms with van der Waals surface area (Å²) in [5, 5.41) is 18.6. The maximum atomic E-state index is 11.3. The number of anilines is 1. The lowest BCUT2D eigenvalue weighted by Gasteiger charge is -2.17. The Morgan fingerprint density at radius 3 is 2.71 bits per heavy atom. The minimum absolute atomic E-state index is 0.130. The van der Waals surface area contributed by atoms with Gasteiger partial charge in [-0.15, -0.1) is 11.8 Å². The molecule has 1 aliphatic heterocycles. The first-order valence-electron chi connectivity index (χ1n) is 6.01. The number of nitrogens with zero attached hydrogens (tertiary/aromatic N) is 1. The maximum absolute atomic E-state index is 11.3. The number of thioether (sulfide) groups is 1. The summed E-state index contributed by atoms with van der Waals surface area (Å²) in [6.07, 6.45) is 0.827. The summed E-state index contributed by atoms with van der Waals surface area (Å²) in [4.78, 5) is 22.2. The van der Waals surface area contributed by atoms with Crippen LogP contribution in [-0.2, 0) is 21.2 Å². The first-order chi connectivity index (χ1) is 9.76. The van der Waals surface area contributed by atoms with E-state index in [0.717, 1.165) is 17.3 Å². The molecule has 10 heteroatoms. The fraction of sp³-hybridized carbons (Fsp3) is 0.364. The summed E-state index contributed by atoms with van der Waals surface area (Å²) in [5.74, 6) is -0.306. The number of aryl methyl sites for hydroxylation is 1. The zero-order valence-electron chi connectivity index (χ0n) is 10.9. The van der Waals surface area contributed by atoms with Crippen LogP contribution in [0.25, 0.3) is 0 Å². The highest BCUT2D eigenvalue weighted by atomic mass is 32.2. The summed E-state index contributed by atoms with van der Waals surface area (Å²) < 4.78 is 21.8. The van der Waals surface area contributed by atoms with Gasteiger partial charge >= 0.3 is 0 Å². The van der Waals surface area contributed by atoms with Crippen LogP contribution in [0, 0.1) is 10.1 Å². The molecule has 0 atom stereocenters. The van der Waals surface area contributed by atoms with Crippen LogP contribution in [-0.4, -0.2) is 30.8 Å². The normalized spacial score (nSPS) is 14.4. The van der Waals surface area contributed by atoms with E-state index in [2.05, 4.69) is 5.32 Å². The molecule has 0 aromatic heterocycles. The van der Waals surface area contributed by atoms with E-state index in [1.165, 1.54) is 6.07 Å². The number of amides is 1. The van der Waals surface area contributed by atoms with Crippen molar-refractivity contribution in [3.8, 4) is 0 Å². The van der Waals surface area contributed by atoms with Gasteiger partial charge in [0.25, 0.3) is 5.69 Å². The van der Waals surface area contributed by atoms with E-state index in [1.807, 2.05) is 0 Å². The van der Waals surface area contributed by atoms with Gasteiger partial charge in [0.05, 0.1) is 21.3 Å². The van der Waals surface area contributed by atoms with Crippen molar-refractivity contribution in [1.29, 1.82) is 0 Å². The second-order valence-corrected chi connectivity index (χ2v) is 7.37. The number of primary sulfonamides is 1. The van der Waals surface area contributed by atoms with Crippen LogP contribution >= 0.6 is 11.8 Å². The molecule has 114 valence electrons. The standard InChI is InChI=1S/C11H13N3O5S2/c12-21(18,19)4-3-20-10-5-7-1-2-11(15)13-8(7)6-9(10)14(16)17/h5-6H,1-4H2,(H,13,15)(H2,12,18,19). The third kappa shape index (κ3) is 4.16. The van der Waals surface area contributed by atoms with Crippen LogP contribution in [0.4, 0.5) is 11.4 Å². The number of benzene rings is 1. The maximum Gasteiger partial charge on any atom is 0.284 e. The fourth-order valence-electron chi connectivity index (χ4n) is 1.92. The Balaban J connectivity index is 2.27. The molecule has 0 aliphatic carbocycles. The van der Waals surface area contributed by atoms with Crippen LogP contribution in [0.15, 0.2) is 17.0 Å². The van der Waals surface area contributed by atoms with E-state index in [0.29, 0.717) is 23.4 Å². The molecule has 0 saturated carbocycles. The Hall–Kier alpha value is -1.65. The molecule has 1 aromatic carbocycles. The van der Waals surface area contributed by atoms with Crippen molar-refractivity contribution in [2.24, 2.45) is 5.14 Å². The van der Waals surface area contributed by atoms with Gasteiger partial charge in [-0.1, -0.05) is 0 Å². The Labute approximate surface area is 125 Å². The molecule has 1 aromatic rings. The van der Waals surface area contributed by atoms with E-state index in [-0.39, 0.29) is 23.1 Å². The minimum Gasteiger partial charge on any atom is -0.326 e. The SMILES string of the molecule is NS(=O)(=O)CCSc1cc2c(cc1[N+](=O)[O-])NC(=O)CC2. The van der Waals surface area contributed by atoms with Crippen molar-refractivity contribution >= 4 is 39.1 Å². The summed E-state index contributed by atoms with van der Waals surface area (Å²) in [5.41, 5.74) is 1.09. The summed E-state index contributed by atoms with van der Waals surface area (Å²) in [7, 11) is -3.60.